The molecule has 2 unspecified atom stereocenters. The van der Waals surface area contributed by atoms with Gasteiger partial charge in [-0.15, -0.1) is 0 Å². The van der Waals surface area contributed by atoms with Crippen LogP contribution in [0, 0.1) is 13.8 Å². The molecule has 0 aliphatic rings. The van der Waals surface area contributed by atoms with Gasteiger partial charge in [0.25, 0.3) is 0 Å². The predicted octanol–water partition coefficient (Wildman–Crippen LogP) is 4.41. The fraction of sp³-hybridized carbons (Fsp3) is 0.640. The fourth-order valence-electron chi connectivity index (χ4n) is 3.49. The van der Waals surface area contributed by atoms with Crippen LogP contribution in [0.5, 0.6) is 0 Å². The smallest absolute Gasteiger partial charge is 0.408 e. The number of benzene rings is 1. The van der Waals surface area contributed by atoms with Crippen molar-refractivity contribution >= 4 is 17.9 Å². The highest BCUT2D eigenvalue weighted by Gasteiger charge is 2.41. The van der Waals surface area contributed by atoms with Crippen LogP contribution in [0.1, 0.15) is 85.0 Å². The lowest BCUT2D eigenvalue weighted by molar-refractivity contribution is -0.148. The summed E-state index contributed by atoms with van der Waals surface area (Å²) in [5.41, 5.74) is 1.36. The van der Waals surface area contributed by atoms with E-state index in [9.17, 15) is 14.4 Å². The Morgan fingerprint density at radius 1 is 0.938 bits per heavy atom. The van der Waals surface area contributed by atoms with E-state index < -0.39 is 29.3 Å². The van der Waals surface area contributed by atoms with Crippen molar-refractivity contribution in [1.29, 1.82) is 0 Å². The van der Waals surface area contributed by atoms with Crippen molar-refractivity contribution < 1.29 is 19.1 Å². The molecule has 0 heterocycles. The third-order valence-electron chi connectivity index (χ3n) is 4.72. The number of aryl methyl sites for hydroxylation is 2. The van der Waals surface area contributed by atoms with E-state index in [2.05, 4.69) is 10.6 Å². The first-order valence-corrected chi connectivity index (χ1v) is 11.1. The third kappa shape index (κ3) is 7.84. The fourth-order valence-corrected chi connectivity index (χ4v) is 3.49. The second-order valence-electron chi connectivity index (χ2n) is 10.7. The molecular weight excluding hydrogens is 406 g/mol. The molecular formula is C25H41N3O4. The van der Waals surface area contributed by atoms with Crippen molar-refractivity contribution in [3.8, 4) is 0 Å². The van der Waals surface area contributed by atoms with Crippen molar-refractivity contribution in [3.63, 3.8) is 0 Å². The number of rotatable bonds is 6. The van der Waals surface area contributed by atoms with Crippen LogP contribution in [0.3, 0.4) is 0 Å². The van der Waals surface area contributed by atoms with E-state index in [4.69, 9.17) is 4.74 Å². The number of alkyl carbamates (subject to hydrolysis) is 1. The summed E-state index contributed by atoms with van der Waals surface area (Å²) in [4.78, 5) is 40.9. The number of hydrogen-bond donors (Lipinski definition) is 2. The Labute approximate surface area is 193 Å². The maximum atomic E-state index is 13.6. The van der Waals surface area contributed by atoms with Gasteiger partial charge in [0.15, 0.2) is 0 Å². The summed E-state index contributed by atoms with van der Waals surface area (Å²) in [6, 6.07) is 4.00. The van der Waals surface area contributed by atoms with E-state index in [0.29, 0.717) is 0 Å². The van der Waals surface area contributed by atoms with Gasteiger partial charge in [0.05, 0.1) is 0 Å². The minimum Gasteiger partial charge on any atom is -0.444 e. The van der Waals surface area contributed by atoms with Gasteiger partial charge in [0.1, 0.15) is 17.7 Å². The van der Waals surface area contributed by atoms with Crippen LogP contribution in [0.15, 0.2) is 18.2 Å². The summed E-state index contributed by atoms with van der Waals surface area (Å²) in [5, 5.41) is 5.57. The van der Waals surface area contributed by atoms with Gasteiger partial charge in [-0.25, -0.2) is 4.79 Å². The van der Waals surface area contributed by atoms with Crippen LogP contribution >= 0.6 is 0 Å². The summed E-state index contributed by atoms with van der Waals surface area (Å²) in [6.45, 7) is 20.2. The van der Waals surface area contributed by atoms with Crippen molar-refractivity contribution in [2.45, 2.75) is 105 Å². The minimum atomic E-state index is -0.885. The number of nitrogens with zero attached hydrogens (tertiary/aromatic N) is 1. The summed E-state index contributed by atoms with van der Waals surface area (Å²) in [5.74, 6) is -0.632. The molecule has 1 aromatic rings. The normalized spacial score (nSPS) is 13.9. The number of nitrogens with one attached hydrogen (secondary N) is 2. The standard InChI is InChI=1S/C25H41N3O4/c1-15(2)26-21(29)20(19-13-12-16(3)14-17(19)4)28(24(6,7)8)22(30)18(5)27-23(31)32-25(9,10)11/h12-15,18,20H,1-11H3,(H,26,29)(H,27,31). The third-order valence-corrected chi connectivity index (χ3v) is 4.72. The summed E-state index contributed by atoms with van der Waals surface area (Å²) < 4.78 is 5.30. The average Bonchev–Trinajstić information content (AvgIpc) is 2.56. The largest absolute Gasteiger partial charge is 0.444 e. The highest BCUT2D eigenvalue weighted by atomic mass is 16.6. The van der Waals surface area contributed by atoms with E-state index in [1.165, 1.54) is 0 Å². The van der Waals surface area contributed by atoms with Gasteiger partial charge in [-0.05, 0) is 87.3 Å². The van der Waals surface area contributed by atoms with Crippen LogP contribution in [0.25, 0.3) is 0 Å². The number of hydrogen-bond acceptors (Lipinski definition) is 4. The number of carbonyl (C=O) groups excluding carboxylic acids is 3. The summed E-state index contributed by atoms with van der Waals surface area (Å²) in [7, 11) is 0. The molecule has 2 N–H and O–H groups in total. The van der Waals surface area contributed by atoms with Crippen molar-refractivity contribution in [3.05, 3.63) is 34.9 Å². The first kappa shape index (κ1) is 27.5. The Balaban J connectivity index is 3.45. The molecule has 0 aliphatic heterocycles. The Hall–Kier alpha value is -2.57. The molecule has 1 aromatic carbocycles. The zero-order chi connectivity index (χ0) is 25.0. The molecule has 0 bridgehead atoms. The van der Waals surface area contributed by atoms with Gasteiger partial charge < -0.3 is 20.3 Å². The van der Waals surface area contributed by atoms with Gasteiger partial charge in [0.2, 0.25) is 11.8 Å². The van der Waals surface area contributed by atoms with E-state index in [1.807, 2.05) is 66.7 Å². The second-order valence-corrected chi connectivity index (χ2v) is 10.7. The van der Waals surface area contributed by atoms with E-state index in [1.54, 1.807) is 32.6 Å². The molecule has 0 aliphatic carbocycles. The van der Waals surface area contributed by atoms with E-state index in [-0.39, 0.29) is 17.9 Å². The lowest BCUT2D eigenvalue weighted by atomic mass is 9.92. The van der Waals surface area contributed by atoms with Gasteiger partial charge in [0, 0.05) is 11.6 Å². The zero-order valence-electron chi connectivity index (χ0n) is 21.5. The maximum Gasteiger partial charge on any atom is 0.408 e. The van der Waals surface area contributed by atoms with Crippen LogP contribution in [0.2, 0.25) is 0 Å². The van der Waals surface area contributed by atoms with Crippen LogP contribution < -0.4 is 10.6 Å². The highest BCUT2D eigenvalue weighted by molar-refractivity contribution is 5.92. The average molecular weight is 448 g/mol. The molecule has 0 fully saturated rings. The van der Waals surface area contributed by atoms with Crippen molar-refractivity contribution in [1.82, 2.24) is 15.5 Å². The monoisotopic (exact) mass is 447 g/mol. The Kier molecular flexibility index (Phi) is 8.90. The molecule has 2 atom stereocenters. The minimum absolute atomic E-state index is 0.0926. The molecule has 0 aromatic heterocycles. The lowest BCUT2D eigenvalue weighted by Gasteiger charge is -2.43. The second kappa shape index (κ2) is 10.4. The van der Waals surface area contributed by atoms with Crippen LogP contribution in [0.4, 0.5) is 4.79 Å². The molecule has 0 spiro atoms. The molecule has 7 nitrogen and oxygen atoms in total. The van der Waals surface area contributed by atoms with Crippen molar-refractivity contribution in [2.75, 3.05) is 0 Å². The molecule has 180 valence electrons. The first-order chi connectivity index (χ1) is 14.4. The number of carbonyl (C=O) groups is 3. The van der Waals surface area contributed by atoms with E-state index in [0.717, 1.165) is 16.7 Å². The Morgan fingerprint density at radius 2 is 1.50 bits per heavy atom. The Morgan fingerprint density at radius 3 is 1.94 bits per heavy atom. The molecule has 3 amide bonds. The SMILES string of the molecule is Cc1ccc(C(C(=O)NC(C)C)N(C(=O)C(C)NC(=O)OC(C)(C)C)C(C)(C)C)c(C)c1. The molecule has 0 saturated carbocycles. The zero-order valence-corrected chi connectivity index (χ0v) is 21.5. The summed E-state index contributed by atoms with van der Waals surface area (Å²) in [6.07, 6.45) is -0.679. The molecule has 0 radical (unpaired) electrons. The van der Waals surface area contributed by atoms with Gasteiger partial charge >= 0.3 is 6.09 Å². The van der Waals surface area contributed by atoms with E-state index >= 15 is 0 Å². The van der Waals surface area contributed by atoms with Crippen molar-refractivity contribution in [2.24, 2.45) is 0 Å². The van der Waals surface area contributed by atoms with Crippen LogP contribution in [-0.4, -0.2) is 46.0 Å². The molecule has 32 heavy (non-hydrogen) atoms. The number of ether oxygens (including phenoxy) is 1. The molecule has 0 saturated heterocycles. The topological polar surface area (TPSA) is 87.7 Å². The number of amides is 3. The van der Waals surface area contributed by atoms with Gasteiger partial charge in [-0.2, -0.15) is 0 Å². The quantitative estimate of drug-likeness (QED) is 0.676. The first-order valence-electron chi connectivity index (χ1n) is 11.1. The molecule has 1 rings (SSSR count). The lowest BCUT2D eigenvalue weighted by Crippen LogP contribution is -2.58. The highest BCUT2D eigenvalue weighted by Crippen LogP contribution is 2.32. The molecule has 7 heteroatoms. The maximum absolute atomic E-state index is 13.6. The van der Waals surface area contributed by atoms with Gasteiger partial charge in [-0.3, -0.25) is 9.59 Å². The van der Waals surface area contributed by atoms with Crippen LogP contribution in [-0.2, 0) is 14.3 Å². The Bertz CT molecular complexity index is 835. The summed E-state index contributed by atoms with van der Waals surface area (Å²) >= 11 is 0. The van der Waals surface area contributed by atoms with Gasteiger partial charge in [-0.1, -0.05) is 23.8 Å². The predicted molar refractivity (Wildman–Crippen MR) is 127 cm³/mol.